The van der Waals surface area contributed by atoms with Crippen molar-refractivity contribution >= 4 is 5.91 Å². The minimum absolute atomic E-state index is 0.0725. The van der Waals surface area contributed by atoms with Crippen LogP contribution in [0.15, 0.2) is 0 Å². The first kappa shape index (κ1) is 13.5. The predicted octanol–water partition coefficient (Wildman–Crippen LogP) is 0.476. The van der Waals surface area contributed by atoms with E-state index in [1.165, 1.54) is 19.3 Å². The van der Waals surface area contributed by atoms with Gasteiger partial charge < -0.3 is 16.4 Å². The van der Waals surface area contributed by atoms with Gasteiger partial charge in [0.1, 0.15) is 0 Å². The summed E-state index contributed by atoms with van der Waals surface area (Å²) in [5.41, 5.74) is 5.71. The van der Waals surface area contributed by atoms with Gasteiger partial charge in [0.2, 0.25) is 5.91 Å². The Bertz CT molecular complexity index is 218. The Balaban J connectivity index is 2.09. The Morgan fingerprint density at radius 3 is 2.75 bits per heavy atom. The summed E-state index contributed by atoms with van der Waals surface area (Å²) in [6.45, 7) is 6.15. The normalized spacial score (nSPS) is 25.0. The number of hydrogen-bond donors (Lipinski definition) is 3. The first-order chi connectivity index (χ1) is 7.65. The molecule has 2 unspecified atom stereocenters. The molecule has 4 nitrogen and oxygen atoms in total. The molecule has 94 valence electrons. The summed E-state index contributed by atoms with van der Waals surface area (Å²) in [5.74, 6) is 0.827. The maximum Gasteiger partial charge on any atom is 0.222 e. The summed E-state index contributed by atoms with van der Waals surface area (Å²) in [5, 5.41) is 6.39. The molecule has 0 aromatic rings. The van der Waals surface area contributed by atoms with E-state index in [0.29, 0.717) is 18.5 Å². The van der Waals surface area contributed by atoms with E-state index in [1.54, 1.807) is 0 Å². The molecule has 1 rings (SSSR count). The number of carbonyl (C=O) groups is 1. The van der Waals surface area contributed by atoms with Gasteiger partial charge in [0.15, 0.2) is 0 Å². The Labute approximate surface area is 98.3 Å². The van der Waals surface area contributed by atoms with E-state index in [9.17, 15) is 4.79 Å². The fourth-order valence-corrected chi connectivity index (χ4v) is 2.24. The molecule has 1 aliphatic rings. The minimum atomic E-state index is 0.0725. The van der Waals surface area contributed by atoms with Gasteiger partial charge in [-0.15, -0.1) is 0 Å². The van der Waals surface area contributed by atoms with Crippen LogP contribution in [-0.2, 0) is 4.79 Å². The molecule has 0 bridgehead atoms. The topological polar surface area (TPSA) is 67.2 Å². The van der Waals surface area contributed by atoms with E-state index in [-0.39, 0.29) is 11.8 Å². The van der Waals surface area contributed by atoms with E-state index in [4.69, 9.17) is 5.73 Å². The van der Waals surface area contributed by atoms with Crippen LogP contribution in [0.3, 0.4) is 0 Å². The van der Waals surface area contributed by atoms with Crippen LogP contribution >= 0.6 is 0 Å². The molecule has 0 aromatic carbocycles. The van der Waals surface area contributed by atoms with Crippen molar-refractivity contribution in [3.63, 3.8) is 0 Å². The molecule has 1 saturated carbocycles. The standard InChI is InChI=1S/C12H25N3O/c1-9(2)12(16)15-7-6-14-11-5-3-4-10(11)8-13/h9-11,14H,3-8,13H2,1-2H3,(H,15,16). The van der Waals surface area contributed by atoms with Crippen LogP contribution < -0.4 is 16.4 Å². The van der Waals surface area contributed by atoms with Gasteiger partial charge in [-0.25, -0.2) is 0 Å². The van der Waals surface area contributed by atoms with Gasteiger partial charge in [0.25, 0.3) is 0 Å². The SMILES string of the molecule is CC(C)C(=O)NCCNC1CCCC1CN. The van der Waals surface area contributed by atoms with E-state index >= 15 is 0 Å². The molecule has 1 aliphatic carbocycles. The zero-order chi connectivity index (χ0) is 12.0. The molecule has 4 heteroatoms. The van der Waals surface area contributed by atoms with Gasteiger partial charge in [-0.1, -0.05) is 20.3 Å². The highest BCUT2D eigenvalue weighted by Crippen LogP contribution is 2.24. The van der Waals surface area contributed by atoms with Gasteiger partial charge in [-0.2, -0.15) is 0 Å². The van der Waals surface area contributed by atoms with Crippen molar-refractivity contribution in [2.24, 2.45) is 17.6 Å². The molecule has 1 amide bonds. The molecular formula is C12H25N3O. The fraction of sp³-hybridized carbons (Fsp3) is 0.917. The molecule has 2 atom stereocenters. The quantitative estimate of drug-likeness (QED) is 0.578. The maximum absolute atomic E-state index is 11.3. The van der Waals surface area contributed by atoms with Crippen LogP contribution in [0.1, 0.15) is 33.1 Å². The Kier molecular flexibility index (Phi) is 5.77. The predicted molar refractivity (Wildman–Crippen MR) is 66.0 cm³/mol. The van der Waals surface area contributed by atoms with Crippen LogP contribution in [0.5, 0.6) is 0 Å². The molecular weight excluding hydrogens is 202 g/mol. The van der Waals surface area contributed by atoms with Crippen molar-refractivity contribution in [1.82, 2.24) is 10.6 Å². The first-order valence-corrected chi connectivity index (χ1v) is 6.36. The number of nitrogens with one attached hydrogen (secondary N) is 2. The number of carbonyl (C=O) groups excluding carboxylic acids is 1. The molecule has 4 N–H and O–H groups in total. The maximum atomic E-state index is 11.3. The number of hydrogen-bond acceptors (Lipinski definition) is 3. The largest absolute Gasteiger partial charge is 0.355 e. The third-order valence-corrected chi connectivity index (χ3v) is 3.32. The second-order valence-electron chi connectivity index (χ2n) is 4.93. The van der Waals surface area contributed by atoms with Gasteiger partial charge in [-0.3, -0.25) is 4.79 Å². The molecule has 0 heterocycles. The van der Waals surface area contributed by atoms with E-state index < -0.39 is 0 Å². The van der Waals surface area contributed by atoms with Crippen LogP contribution in [-0.4, -0.2) is 31.6 Å². The lowest BCUT2D eigenvalue weighted by Gasteiger charge is -2.19. The molecule has 16 heavy (non-hydrogen) atoms. The molecule has 0 spiro atoms. The van der Waals surface area contributed by atoms with Crippen molar-refractivity contribution in [2.75, 3.05) is 19.6 Å². The Morgan fingerprint density at radius 1 is 1.38 bits per heavy atom. The van der Waals surface area contributed by atoms with Crippen LogP contribution in [0, 0.1) is 11.8 Å². The summed E-state index contributed by atoms with van der Waals surface area (Å²) in [4.78, 5) is 11.3. The molecule has 0 aliphatic heterocycles. The zero-order valence-electron chi connectivity index (χ0n) is 10.5. The molecule has 0 radical (unpaired) electrons. The molecule has 0 aromatic heterocycles. The van der Waals surface area contributed by atoms with Gasteiger partial charge >= 0.3 is 0 Å². The second-order valence-corrected chi connectivity index (χ2v) is 4.93. The molecule has 1 fully saturated rings. The van der Waals surface area contributed by atoms with Crippen LogP contribution in [0.25, 0.3) is 0 Å². The highest BCUT2D eigenvalue weighted by molar-refractivity contribution is 5.77. The second kappa shape index (κ2) is 6.86. The van der Waals surface area contributed by atoms with Crippen LogP contribution in [0.4, 0.5) is 0 Å². The highest BCUT2D eigenvalue weighted by Gasteiger charge is 2.24. The van der Waals surface area contributed by atoms with E-state index in [2.05, 4.69) is 10.6 Å². The lowest BCUT2D eigenvalue weighted by Crippen LogP contribution is -2.41. The average Bonchev–Trinajstić information content (AvgIpc) is 2.71. The number of amides is 1. The van der Waals surface area contributed by atoms with Crippen molar-refractivity contribution in [2.45, 2.75) is 39.2 Å². The minimum Gasteiger partial charge on any atom is -0.355 e. The van der Waals surface area contributed by atoms with Gasteiger partial charge in [0, 0.05) is 25.0 Å². The summed E-state index contributed by atoms with van der Waals surface area (Å²) in [6, 6.07) is 0.556. The monoisotopic (exact) mass is 227 g/mol. The first-order valence-electron chi connectivity index (χ1n) is 6.36. The lowest BCUT2D eigenvalue weighted by atomic mass is 10.0. The van der Waals surface area contributed by atoms with Crippen molar-refractivity contribution in [3.05, 3.63) is 0 Å². The highest BCUT2D eigenvalue weighted by atomic mass is 16.1. The number of nitrogens with two attached hydrogens (primary N) is 1. The van der Waals surface area contributed by atoms with Crippen molar-refractivity contribution in [3.8, 4) is 0 Å². The van der Waals surface area contributed by atoms with Gasteiger partial charge in [-0.05, 0) is 25.3 Å². The molecule has 0 saturated heterocycles. The third-order valence-electron chi connectivity index (χ3n) is 3.32. The van der Waals surface area contributed by atoms with E-state index in [1.807, 2.05) is 13.8 Å². The number of rotatable bonds is 6. The smallest absolute Gasteiger partial charge is 0.222 e. The van der Waals surface area contributed by atoms with E-state index in [0.717, 1.165) is 13.1 Å². The van der Waals surface area contributed by atoms with Crippen LogP contribution in [0.2, 0.25) is 0 Å². The van der Waals surface area contributed by atoms with Crippen molar-refractivity contribution < 1.29 is 4.79 Å². The Hall–Kier alpha value is -0.610. The summed E-state index contributed by atoms with van der Waals surface area (Å²) < 4.78 is 0. The van der Waals surface area contributed by atoms with Gasteiger partial charge in [0.05, 0.1) is 0 Å². The third kappa shape index (κ3) is 4.10. The summed E-state index contributed by atoms with van der Waals surface area (Å²) in [6.07, 6.45) is 3.74. The summed E-state index contributed by atoms with van der Waals surface area (Å²) >= 11 is 0. The average molecular weight is 227 g/mol. The lowest BCUT2D eigenvalue weighted by molar-refractivity contribution is -0.123. The summed E-state index contributed by atoms with van der Waals surface area (Å²) in [7, 11) is 0. The van der Waals surface area contributed by atoms with Crippen molar-refractivity contribution in [1.29, 1.82) is 0 Å². The zero-order valence-corrected chi connectivity index (χ0v) is 10.5. The Morgan fingerprint density at radius 2 is 2.12 bits per heavy atom. The fourth-order valence-electron chi connectivity index (χ4n) is 2.24.